The molecule has 0 fully saturated rings. The molecular formula is C20H24N2O5S. The number of rotatable bonds is 9. The zero-order chi connectivity index (χ0) is 20.5. The lowest BCUT2D eigenvalue weighted by atomic mass is 10.2. The zero-order valence-electron chi connectivity index (χ0n) is 16.3. The fourth-order valence-electron chi connectivity index (χ4n) is 2.42. The SMILES string of the molecule is COc1cc(NC(=O)CSCC(=O)Nc2ccc(C)cc2)cc(OC)c1OC. The van der Waals surface area contributed by atoms with Gasteiger partial charge >= 0.3 is 0 Å². The van der Waals surface area contributed by atoms with Crippen LogP contribution in [0.4, 0.5) is 11.4 Å². The first kappa shape index (κ1) is 21.4. The predicted octanol–water partition coefficient (Wildman–Crippen LogP) is 3.33. The van der Waals surface area contributed by atoms with E-state index in [4.69, 9.17) is 14.2 Å². The normalized spacial score (nSPS) is 10.1. The first-order valence-corrected chi connectivity index (χ1v) is 9.66. The summed E-state index contributed by atoms with van der Waals surface area (Å²) in [6.45, 7) is 1.98. The van der Waals surface area contributed by atoms with E-state index in [1.807, 2.05) is 31.2 Å². The number of anilines is 2. The largest absolute Gasteiger partial charge is 0.493 e. The van der Waals surface area contributed by atoms with Gasteiger partial charge in [-0.3, -0.25) is 9.59 Å². The number of hydrogen-bond acceptors (Lipinski definition) is 6. The van der Waals surface area contributed by atoms with Crippen LogP contribution >= 0.6 is 11.8 Å². The van der Waals surface area contributed by atoms with Gasteiger partial charge in [0.25, 0.3) is 0 Å². The van der Waals surface area contributed by atoms with E-state index in [0.29, 0.717) is 22.9 Å². The molecule has 2 aromatic carbocycles. The summed E-state index contributed by atoms with van der Waals surface area (Å²) in [5, 5.41) is 5.56. The Hall–Kier alpha value is -2.87. The van der Waals surface area contributed by atoms with Gasteiger partial charge in [0.1, 0.15) is 0 Å². The van der Waals surface area contributed by atoms with E-state index in [-0.39, 0.29) is 23.3 Å². The monoisotopic (exact) mass is 404 g/mol. The summed E-state index contributed by atoms with van der Waals surface area (Å²) < 4.78 is 15.8. The van der Waals surface area contributed by atoms with E-state index in [2.05, 4.69) is 10.6 Å². The number of nitrogens with one attached hydrogen (secondary N) is 2. The highest BCUT2D eigenvalue weighted by Crippen LogP contribution is 2.39. The molecule has 0 aromatic heterocycles. The Morgan fingerprint density at radius 2 is 1.32 bits per heavy atom. The molecule has 0 unspecified atom stereocenters. The van der Waals surface area contributed by atoms with Gasteiger partial charge < -0.3 is 24.8 Å². The number of methoxy groups -OCH3 is 3. The minimum atomic E-state index is -0.234. The molecule has 0 aliphatic carbocycles. The Labute approximate surface area is 168 Å². The standard InChI is InChI=1S/C20H24N2O5S/c1-13-5-7-14(8-6-13)21-18(23)11-28-12-19(24)22-15-9-16(25-2)20(27-4)17(10-15)26-3/h5-10H,11-12H2,1-4H3,(H,21,23)(H,22,24). The van der Waals surface area contributed by atoms with E-state index in [1.54, 1.807) is 12.1 Å². The van der Waals surface area contributed by atoms with Gasteiger partial charge in [-0.15, -0.1) is 11.8 Å². The van der Waals surface area contributed by atoms with Crippen LogP contribution in [-0.2, 0) is 9.59 Å². The third-order valence-corrected chi connectivity index (χ3v) is 4.68. The van der Waals surface area contributed by atoms with Crippen LogP contribution in [0.15, 0.2) is 36.4 Å². The minimum Gasteiger partial charge on any atom is -0.493 e. The Balaban J connectivity index is 1.85. The Morgan fingerprint density at radius 3 is 1.79 bits per heavy atom. The average Bonchev–Trinajstić information content (AvgIpc) is 2.68. The summed E-state index contributed by atoms with van der Waals surface area (Å²) >= 11 is 1.23. The molecule has 0 saturated carbocycles. The molecule has 0 radical (unpaired) electrons. The second-order valence-corrected chi connectivity index (χ2v) is 6.85. The van der Waals surface area contributed by atoms with Crippen molar-refractivity contribution >= 4 is 35.0 Å². The molecular weight excluding hydrogens is 380 g/mol. The smallest absolute Gasteiger partial charge is 0.234 e. The lowest BCUT2D eigenvalue weighted by Crippen LogP contribution is -2.18. The quantitative estimate of drug-likeness (QED) is 0.667. The number of ether oxygens (including phenoxy) is 3. The highest BCUT2D eigenvalue weighted by atomic mass is 32.2. The Morgan fingerprint density at radius 1 is 0.821 bits per heavy atom. The van der Waals surface area contributed by atoms with E-state index >= 15 is 0 Å². The van der Waals surface area contributed by atoms with Crippen LogP contribution in [0, 0.1) is 6.92 Å². The molecule has 7 nitrogen and oxygen atoms in total. The predicted molar refractivity (Wildman–Crippen MR) is 112 cm³/mol. The molecule has 28 heavy (non-hydrogen) atoms. The number of hydrogen-bond donors (Lipinski definition) is 2. The van der Waals surface area contributed by atoms with Crippen LogP contribution < -0.4 is 24.8 Å². The molecule has 0 spiro atoms. The summed E-state index contributed by atoms with van der Waals surface area (Å²) in [7, 11) is 4.52. The van der Waals surface area contributed by atoms with Crippen LogP contribution in [-0.4, -0.2) is 44.6 Å². The summed E-state index contributed by atoms with van der Waals surface area (Å²) in [5.74, 6) is 1.26. The topological polar surface area (TPSA) is 85.9 Å². The molecule has 2 N–H and O–H groups in total. The van der Waals surface area contributed by atoms with Crippen molar-refractivity contribution in [3.05, 3.63) is 42.0 Å². The van der Waals surface area contributed by atoms with Crippen molar-refractivity contribution in [2.45, 2.75) is 6.92 Å². The Bertz CT molecular complexity index is 799. The average molecular weight is 404 g/mol. The van der Waals surface area contributed by atoms with Gasteiger partial charge in [0, 0.05) is 23.5 Å². The van der Waals surface area contributed by atoms with Crippen molar-refractivity contribution in [1.82, 2.24) is 0 Å². The molecule has 0 aliphatic heterocycles. The minimum absolute atomic E-state index is 0.137. The van der Waals surface area contributed by atoms with Gasteiger partial charge in [0.2, 0.25) is 17.6 Å². The van der Waals surface area contributed by atoms with E-state index in [0.717, 1.165) is 11.3 Å². The van der Waals surface area contributed by atoms with Gasteiger partial charge in [-0.2, -0.15) is 0 Å². The summed E-state index contributed by atoms with van der Waals surface area (Å²) in [5.41, 5.74) is 2.37. The number of benzene rings is 2. The molecule has 2 aromatic rings. The fourth-order valence-corrected chi connectivity index (χ4v) is 3.04. The number of amides is 2. The van der Waals surface area contributed by atoms with Gasteiger partial charge in [-0.25, -0.2) is 0 Å². The summed E-state index contributed by atoms with van der Waals surface area (Å²) in [4.78, 5) is 24.1. The van der Waals surface area contributed by atoms with Crippen molar-refractivity contribution in [1.29, 1.82) is 0 Å². The van der Waals surface area contributed by atoms with Gasteiger partial charge in [-0.1, -0.05) is 17.7 Å². The molecule has 0 saturated heterocycles. The van der Waals surface area contributed by atoms with Crippen LogP contribution in [0.2, 0.25) is 0 Å². The van der Waals surface area contributed by atoms with Crippen molar-refractivity contribution in [3.63, 3.8) is 0 Å². The Kier molecular flexibility index (Phi) is 8.01. The maximum absolute atomic E-state index is 12.2. The first-order chi connectivity index (χ1) is 13.5. The molecule has 0 heterocycles. The molecule has 0 bridgehead atoms. The zero-order valence-corrected chi connectivity index (χ0v) is 17.1. The first-order valence-electron chi connectivity index (χ1n) is 8.51. The van der Waals surface area contributed by atoms with E-state index < -0.39 is 0 Å². The molecule has 0 atom stereocenters. The van der Waals surface area contributed by atoms with Crippen LogP contribution in [0.1, 0.15) is 5.56 Å². The summed E-state index contributed by atoms with van der Waals surface area (Å²) in [6, 6.07) is 10.8. The third kappa shape index (κ3) is 6.09. The highest BCUT2D eigenvalue weighted by molar-refractivity contribution is 8.00. The van der Waals surface area contributed by atoms with E-state index in [9.17, 15) is 9.59 Å². The molecule has 0 aliphatic rings. The molecule has 150 valence electrons. The summed E-state index contributed by atoms with van der Waals surface area (Å²) in [6.07, 6.45) is 0. The number of carbonyl (C=O) groups is 2. The van der Waals surface area contributed by atoms with Gasteiger partial charge in [-0.05, 0) is 19.1 Å². The van der Waals surface area contributed by atoms with Crippen LogP contribution in [0.25, 0.3) is 0 Å². The fraction of sp³-hybridized carbons (Fsp3) is 0.300. The van der Waals surface area contributed by atoms with Crippen LogP contribution in [0.3, 0.4) is 0 Å². The van der Waals surface area contributed by atoms with Crippen molar-refractivity contribution in [2.24, 2.45) is 0 Å². The van der Waals surface area contributed by atoms with Crippen molar-refractivity contribution < 1.29 is 23.8 Å². The second-order valence-electron chi connectivity index (χ2n) is 5.87. The number of thioether (sulfide) groups is 1. The highest BCUT2D eigenvalue weighted by Gasteiger charge is 2.14. The number of carbonyl (C=O) groups excluding carboxylic acids is 2. The lowest BCUT2D eigenvalue weighted by molar-refractivity contribution is -0.114. The van der Waals surface area contributed by atoms with Crippen LogP contribution in [0.5, 0.6) is 17.2 Å². The molecule has 2 rings (SSSR count). The van der Waals surface area contributed by atoms with Crippen molar-refractivity contribution in [2.75, 3.05) is 43.5 Å². The maximum atomic E-state index is 12.2. The second kappa shape index (κ2) is 10.5. The maximum Gasteiger partial charge on any atom is 0.234 e. The van der Waals surface area contributed by atoms with Gasteiger partial charge in [0.15, 0.2) is 11.5 Å². The van der Waals surface area contributed by atoms with E-state index in [1.165, 1.54) is 33.1 Å². The number of aryl methyl sites for hydroxylation is 1. The molecule has 2 amide bonds. The lowest BCUT2D eigenvalue weighted by Gasteiger charge is -2.14. The van der Waals surface area contributed by atoms with Crippen molar-refractivity contribution in [3.8, 4) is 17.2 Å². The van der Waals surface area contributed by atoms with Gasteiger partial charge in [0.05, 0.1) is 32.8 Å². The molecule has 8 heteroatoms. The third-order valence-electron chi connectivity index (χ3n) is 3.75.